The molecule has 2 aliphatic rings. The van der Waals surface area contributed by atoms with Crippen molar-refractivity contribution in [3.8, 4) is 40.7 Å². The van der Waals surface area contributed by atoms with Crippen LogP contribution in [0.3, 0.4) is 0 Å². The largest absolute Gasteiger partial charge is 0.462 e. The first kappa shape index (κ1) is 20.5. The maximum absolute atomic E-state index is 9.25. The molecule has 3 aromatic rings. The second kappa shape index (κ2) is 7.36. The van der Waals surface area contributed by atoms with Crippen molar-refractivity contribution in [2.75, 3.05) is 6.61 Å². The van der Waals surface area contributed by atoms with Crippen LogP contribution >= 0.6 is 0 Å². The SMILES string of the molecule is CC(C)(C)C#Cc1cnc2c(c1)[C@]1(COC(N)=N1)c1cc(-c3cncc(C#N)c3)ccc1O2. The molecular weight excluding hydrogens is 414 g/mol. The number of fused-ring (bicyclic) bond motifs is 4. The van der Waals surface area contributed by atoms with Crippen molar-refractivity contribution in [2.24, 2.45) is 16.1 Å². The van der Waals surface area contributed by atoms with E-state index in [2.05, 4.69) is 48.6 Å². The summed E-state index contributed by atoms with van der Waals surface area (Å²) in [5, 5.41) is 9.25. The van der Waals surface area contributed by atoms with Gasteiger partial charge in [-0.1, -0.05) is 17.9 Å². The maximum Gasteiger partial charge on any atom is 0.283 e. The highest BCUT2D eigenvalue weighted by Crippen LogP contribution is 2.51. The van der Waals surface area contributed by atoms with Crippen LogP contribution in [0.5, 0.6) is 11.6 Å². The Morgan fingerprint density at radius 2 is 1.88 bits per heavy atom. The molecule has 1 atom stereocenters. The Hall–Kier alpha value is -4.36. The second-order valence-corrected chi connectivity index (χ2v) is 9.06. The van der Waals surface area contributed by atoms with E-state index in [1.807, 2.05) is 24.3 Å². The summed E-state index contributed by atoms with van der Waals surface area (Å²) in [5.74, 6) is 7.51. The van der Waals surface area contributed by atoms with Gasteiger partial charge in [0.05, 0.1) is 11.1 Å². The number of nitrogens with two attached hydrogens (primary N) is 1. The van der Waals surface area contributed by atoms with Gasteiger partial charge in [-0.2, -0.15) is 5.26 Å². The molecule has 0 saturated heterocycles. The first-order valence-corrected chi connectivity index (χ1v) is 10.5. The number of nitrogens with zero attached hydrogens (tertiary/aromatic N) is 4. The van der Waals surface area contributed by atoms with Gasteiger partial charge in [0, 0.05) is 40.7 Å². The van der Waals surface area contributed by atoms with Crippen LogP contribution in [0.4, 0.5) is 0 Å². The Kier molecular flexibility index (Phi) is 4.58. The molecular formula is C26H21N5O2. The van der Waals surface area contributed by atoms with Crippen molar-refractivity contribution >= 4 is 6.02 Å². The molecule has 2 aromatic heterocycles. The van der Waals surface area contributed by atoms with E-state index in [-0.39, 0.29) is 18.0 Å². The maximum atomic E-state index is 9.25. The van der Waals surface area contributed by atoms with Crippen molar-refractivity contribution in [1.82, 2.24) is 9.97 Å². The van der Waals surface area contributed by atoms with Crippen molar-refractivity contribution in [3.63, 3.8) is 0 Å². The summed E-state index contributed by atoms with van der Waals surface area (Å²) in [7, 11) is 0. The molecule has 1 aromatic carbocycles. The summed E-state index contributed by atoms with van der Waals surface area (Å²) in [4.78, 5) is 13.4. The molecule has 162 valence electrons. The molecule has 2 aliphatic heterocycles. The van der Waals surface area contributed by atoms with Crippen LogP contribution in [0.15, 0.2) is 53.9 Å². The molecule has 0 aliphatic carbocycles. The monoisotopic (exact) mass is 435 g/mol. The van der Waals surface area contributed by atoms with Crippen molar-refractivity contribution in [1.29, 1.82) is 5.26 Å². The van der Waals surface area contributed by atoms with E-state index in [0.29, 0.717) is 17.2 Å². The van der Waals surface area contributed by atoms with Crippen LogP contribution in [0.1, 0.15) is 43.0 Å². The zero-order valence-corrected chi connectivity index (χ0v) is 18.5. The number of rotatable bonds is 1. The number of hydrogen-bond acceptors (Lipinski definition) is 7. The minimum atomic E-state index is -0.907. The van der Waals surface area contributed by atoms with Crippen molar-refractivity contribution < 1.29 is 9.47 Å². The van der Waals surface area contributed by atoms with Gasteiger partial charge in [-0.3, -0.25) is 4.98 Å². The number of ether oxygens (including phenoxy) is 2. The van der Waals surface area contributed by atoms with E-state index in [9.17, 15) is 5.26 Å². The standard InChI is InChI=1S/C26H21N5O2/c1-25(2,3)7-6-16-9-21-23(30-13-16)33-22-5-4-18(19-8-17(11-27)12-29-14-19)10-20(22)26(21)15-32-24(28)31-26/h4-5,8-10,12-14H,15H2,1-3H3,(H2,28,31)/t26-/m0/s1. The smallest absolute Gasteiger partial charge is 0.283 e. The summed E-state index contributed by atoms with van der Waals surface area (Å²) in [6.07, 6.45) is 4.95. The second-order valence-electron chi connectivity index (χ2n) is 9.06. The Morgan fingerprint density at radius 1 is 1.03 bits per heavy atom. The summed E-state index contributed by atoms with van der Waals surface area (Å²) in [5.41, 5.74) is 9.43. The molecule has 0 bridgehead atoms. The van der Waals surface area contributed by atoms with Gasteiger partial charge in [-0.25, -0.2) is 9.98 Å². The number of hydrogen-bond donors (Lipinski definition) is 1. The number of aliphatic imine (C=N–C) groups is 1. The van der Waals surface area contributed by atoms with Crippen LogP contribution in [-0.4, -0.2) is 22.6 Å². The highest BCUT2D eigenvalue weighted by atomic mass is 16.5. The predicted molar refractivity (Wildman–Crippen MR) is 123 cm³/mol. The minimum Gasteiger partial charge on any atom is -0.462 e. The van der Waals surface area contributed by atoms with E-state index in [4.69, 9.17) is 20.2 Å². The molecule has 1 spiro atoms. The average Bonchev–Trinajstić information content (AvgIpc) is 3.19. The fraction of sp³-hybridized carbons (Fsp3) is 0.231. The first-order valence-electron chi connectivity index (χ1n) is 10.5. The molecule has 7 nitrogen and oxygen atoms in total. The topological polar surface area (TPSA) is 106 Å². The van der Waals surface area contributed by atoms with E-state index < -0.39 is 5.54 Å². The zero-order valence-electron chi connectivity index (χ0n) is 18.5. The van der Waals surface area contributed by atoms with Gasteiger partial charge in [0.2, 0.25) is 5.88 Å². The van der Waals surface area contributed by atoms with Crippen LogP contribution < -0.4 is 10.5 Å². The van der Waals surface area contributed by atoms with Gasteiger partial charge < -0.3 is 15.2 Å². The average molecular weight is 435 g/mol. The van der Waals surface area contributed by atoms with E-state index in [1.54, 1.807) is 18.5 Å². The van der Waals surface area contributed by atoms with Crippen LogP contribution in [0.25, 0.3) is 11.1 Å². The van der Waals surface area contributed by atoms with Gasteiger partial charge in [0.15, 0.2) is 5.54 Å². The lowest BCUT2D eigenvalue weighted by molar-refractivity contribution is 0.262. The van der Waals surface area contributed by atoms with Gasteiger partial charge in [-0.05, 0) is 50.6 Å². The summed E-state index contributed by atoms with van der Waals surface area (Å²) in [6.45, 7) is 6.39. The highest BCUT2D eigenvalue weighted by Gasteiger charge is 2.47. The Morgan fingerprint density at radius 3 is 2.61 bits per heavy atom. The van der Waals surface area contributed by atoms with Crippen molar-refractivity contribution in [3.05, 3.63) is 71.2 Å². The highest BCUT2D eigenvalue weighted by molar-refractivity contribution is 5.77. The molecule has 5 rings (SSSR count). The van der Waals surface area contributed by atoms with Gasteiger partial charge >= 0.3 is 0 Å². The molecule has 0 saturated carbocycles. The van der Waals surface area contributed by atoms with Crippen LogP contribution in [-0.2, 0) is 10.3 Å². The quantitative estimate of drug-likeness (QED) is 0.577. The lowest BCUT2D eigenvalue weighted by Gasteiger charge is -2.33. The molecule has 33 heavy (non-hydrogen) atoms. The van der Waals surface area contributed by atoms with Gasteiger partial charge in [0.1, 0.15) is 18.4 Å². The Balaban J connectivity index is 1.68. The number of benzene rings is 1. The summed E-state index contributed by atoms with van der Waals surface area (Å²) < 4.78 is 11.8. The Labute approximate surface area is 191 Å². The third kappa shape index (κ3) is 3.64. The molecule has 0 unspecified atom stereocenters. The van der Waals surface area contributed by atoms with E-state index >= 15 is 0 Å². The van der Waals surface area contributed by atoms with Gasteiger partial charge in [0.25, 0.3) is 6.02 Å². The first-order chi connectivity index (χ1) is 15.8. The molecule has 0 fully saturated rings. The summed E-state index contributed by atoms with van der Waals surface area (Å²) >= 11 is 0. The number of amidine groups is 1. The molecule has 2 N–H and O–H groups in total. The van der Waals surface area contributed by atoms with E-state index in [0.717, 1.165) is 27.8 Å². The number of nitriles is 1. The third-order valence-corrected chi connectivity index (χ3v) is 5.44. The molecule has 4 heterocycles. The third-order valence-electron chi connectivity index (χ3n) is 5.44. The molecule has 0 amide bonds. The number of aromatic nitrogens is 2. The molecule has 0 radical (unpaired) electrons. The van der Waals surface area contributed by atoms with E-state index in [1.165, 1.54) is 6.20 Å². The minimum absolute atomic E-state index is 0.110. The fourth-order valence-corrected chi connectivity index (χ4v) is 3.89. The zero-order chi connectivity index (χ0) is 23.2. The van der Waals surface area contributed by atoms with Crippen LogP contribution in [0, 0.1) is 28.6 Å². The molecule has 7 heteroatoms. The summed E-state index contributed by atoms with van der Waals surface area (Å²) in [6, 6.07) is 11.7. The fourth-order valence-electron chi connectivity index (χ4n) is 3.89. The lowest BCUT2D eigenvalue weighted by atomic mass is 9.81. The lowest BCUT2D eigenvalue weighted by Crippen LogP contribution is -2.31. The normalized spacial score (nSPS) is 18.1. The van der Waals surface area contributed by atoms with Gasteiger partial charge in [-0.15, -0.1) is 0 Å². The Bertz CT molecular complexity index is 1420. The predicted octanol–water partition coefficient (Wildman–Crippen LogP) is 4.11. The van der Waals surface area contributed by atoms with Crippen molar-refractivity contribution in [2.45, 2.75) is 26.3 Å². The number of pyridine rings is 2. The van der Waals surface area contributed by atoms with Crippen LogP contribution in [0.2, 0.25) is 0 Å².